The molecule has 3 N–H and O–H groups in total. The standard InChI is InChI=1S/C10H20N2O4/c1-12(6-3-4-9(13)14)10(15)8(11)5-7-16-2/h8H,3-7,11H2,1-2H3,(H,13,14). The van der Waals surface area contributed by atoms with Crippen LogP contribution >= 0.6 is 0 Å². The van der Waals surface area contributed by atoms with Crippen LogP contribution in [0.2, 0.25) is 0 Å². The maximum Gasteiger partial charge on any atom is 0.303 e. The molecule has 0 spiro atoms. The number of ether oxygens (including phenoxy) is 1. The van der Waals surface area contributed by atoms with Gasteiger partial charge in [0.15, 0.2) is 0 Å². The van der Waals surface area contributed by atoms with Crippen molar-refractivity contribution in [2.24, 2.45) is 5.73 Å². The van der Waals surface area contributed by atoms with Crippen molar-refractivity contribution in [3.8, 4) is 0 Å². The topological polar surface area (TPSA) is 92.9 Å². The molecule has 0 heterocycles. The molecule has 0 saturated carbocycles. The highest BCUT2D eigenvalue weighted by atomic mass is 16.5. The van der Waals surface area contributed by atoms with Crippen LogP contribution in [0.15, 0.2) is 0 Å². The molecule has 0 aliphatic rings. The van der Waals surface area contributed by atoms with Gasteiger partial charge in [-0.15, -0.1) is 0 Å². The van der Waals surface area contributed by atoms with Gasteiger partial charge in [-0.1, -0.05) is 0 Å². The number of rotatable bonds is 8. The second-order valence-electron chi connectivity index (χ2n) is 3.65. The van der Waals surface area contributed by atoms with E-state index in [2.05, 4.69) is 0 Å². The van der Waals surface area contributed by atoms with Crippen molar-refractivity contribution >= 4 is 11.9 Å². The lowest BCUT2D eigenvalue weighted by atomic mass is 10.2. The Morgan fingerprint density at radius 2 is 2.12 bits per heavy atom. The summed E-state index contributed by atoms with van der Waals surface area (Å²) >= 11 is 0. The van der Waals surface area contributed by atoms with Crippen molar-refractivity contribution < 1.29 is 19.4 Å². The summed E-state index contributed by atoms with van der Waals surface area (Å²) in [4.78, 5) is 23.4. The molecule has 1 unspecified atom stereocenters. The first kappa shape index (κ1) is 14.9. The van der Waals surface area contributed by atoms with Gasteiger partial charge in [-0.3, -0.25) is 9.59 Å². The van der Waals surface area contributed by atoms with Gasteiger partial charge in [-0.25, -0.2) is 0 Å². The molecule has 0 aliphatic heterocycles. The molecule has 1 atom stereocenters. The Morgan fingerprint density at radius 3 is 2.62 bits per heavy atom. The van der Waals surface area contributed by atoms with E-state index < -0.39 is 12.0 Å². The molecule has 0 bridgehead atoms. The van der Waals surface area contributed by atoms with Crippen LogP contribution in [0.1, 0.15) is 19.3 Å². The highest BCUT2D eigenvalue weighted by Gasteiger charge is 2.17. The van der Waals surface area contributed by atoms with Gasteiger partial charge < -0.3 is 20.5 Å². The number of carbonyl (C=O) groups is 2. The number of carboxylic acid groups (broad SMARTS) is 1. The summed E-state index contributed by atoms with van der Waals surface area (Å²) in [6.45, 7) is 0.849. The fourth-order valence-corrected chi connectivity index (χ4v) is 1.23. The smallest absolute Gasteiger partial charge is 0.303 e. The number of aliphatic carboxylic acids is 1. The average molecular weight is 232 g/mol. The second kappa shape index (κ2) is 8.06. The highest BCUT2D eigenvalue weighted by molar-refractivity contribution is 5.81. The third-order valence-electron chi connectivity index (χ3n) is 2.21. The predicted octanol–water partition coefficient (Wildman–Crippen LogP) is -0.327. The van der Waals surface area contributed by atoms with E-state index in [1.165, 1.54) is 4.90 Å². The van der Waals surface area contributed by atoms with Crippen LogP contribution in [0.3, 0.4) is 0 Å². The van der Waals surface area contributed by atoms with Crippen LogP contribution in [0.25, 0.3) is 0 Å². The average Bonchev–Trinajstić information content (AvgIpc) is 2.24. The van der Waals surface area contributed by atoms with E-state index in [1.807, 2.05) is 0 Å². The van der Waals surface area contributed by atoms with E-state index in [0.29, 0.717) is 26.0 Å². The number of nitrogens with two attached hydrogens (primary N) is 1. The Labute approximate surface area is 95.4 Å². The van der Waals surface area contributed by atoms with Gasteiger partial charge in [0.25, 0.3) is 0 Å². The first-order valence-electron chi connectivity index (χ1n) is 5.20. The van der Waals surface area contributed by atoms with Crippen molar-refractivity contribution in [3.63, 3.8) is 0 Å². The highest BCUT2D eigenvalue weighted by Crippen LogP contribution is 1.98. The van der Waals surface area contributed by atoms with Gasteiger partial charge in [-0.05, 0) is 12.8 Å². The summed E-state index contributed by atoms with van der Waals surface area (Å²) in [6, 6.07) is -0.574. The van der Waals surface area contributed by atoms with E-state index in [1.54, 1.807) is 14.2 Å². The van der Waals surface area contributed by atoms with Crippen LogP contribution in [0.4, 0.5) is 0 Å². The van der Waals surface area contributed by atoms with Gasteiger partial charge in [0.2, 0.25) is 5.91 Å². The van der Waals surface area contributed by atoms with Crippen molar-refractivity contribution in [1.82, 2.24) is 4.90 Å². The molecule has 0 radical (unpaired) electrons. The molecule has 16 heavy (non-hydrogen) atoms. The number of carbonyl (C=O) groups excluding carboxylic acids is 1. The fourth-order valence-electron chi connectivity index (χ4n) is 1.23. The summed E-state index contributed by atoms with van der Waals surface area (Å²) in [7, 11) is 3.17. The van der Waals surface area contributed by atoms with Crippen LogP contribution in [-0.4, -0.2) is 55.2 Å². The molecule has 6 nitrogen and oxygen atoms in total. The van der Waals surface area contributed by atoms with Gasteiger partial charge in [0.1, 0.15) is 0 Å². The Balaban J connectivity index is 3.83. The largest absolute Gasteiger partial charge is 0.481 e. The number of likely N-dealkylation sites (N-methyl/N-ethyl adjacent to an activating group) is 1. The zero-order chi connectivity index (χ0) is 12.6. The zero-order valence-corrected chi connectivity index (χ0v) is 9.81. The molecule has 6 heteroatoms. The maximum absolute atomic E-state index is 11.6. The van der Waals surface area contributed by atoms with Crippen molar-refractivity contribution in [2.45, 2.75) is 25.3 Å². The first-order chi connectivity index (χ1) is 7.49. The van der Waals surface area contributed by atoms with Crippen molar-refractivity contribution in [1.29, 1.82) is 0 Å². The monoisotopic (exact) mass is 232 g/mol. The number of carboxylic acids is 1. The number of hydrogen-bond acceptors (Lipinski definition) is 4. The van der Waals surface area contributed by atoms with Crippen LogP contribution < -0.4 is 5.73 Å². The number of methoxy groups -OCH3 is 1. The predicted molar refractivity (Wildman–Crippen MR) is 59.0 cm³/mol. The Kier molecular flexibility index (Phi) is 7.49. The van der Waals surface area contributed by atoms with Gasteiger partial charge in [0, 0.05) is 33.7 Å². The molecule has 1 amide bonds. The normalized spacial score (nSPS) is 12.2. The molecule has 0 aromatic carbocycles. The Morgan fingerprint density at radius 1 is 1.50 bits per heavy atom. The summed E-state index contributed by atoms with van der Waals surface area (Å²) in [5.41, 5.74) is 5.65. The molecular weight excluding hydrogens is 212 g/mol. The molecule has 0 fully saturated rings. The maximum atomic E-state index is 11.6. The SMILES string of the molecule is COCCC(N)C(=O)N(C)CCCC(=O)O. The number of amides is 1. The molecule has 0 rings (SSSR count). The Bertz CT molecular complexity index is 233. The second-order valence-corrected chi connectivity index (χ2v) is 3.65. The summed E-state index contributed by atoms with van der Waals surface area (Å²) in [6.07, 6.45) is 0.970. The molecular formula is C10H20N2O4. The third kappa shape index (κ3) is 6.36. The summed E-state index contributed by atoms with van der Waals surface area (Å²) < 4.78 is 4.83. The molecule has 0 aliphatic carbocycles. The fraction of sp³-hybridized carbons (Fsp3) is 0.800. The molecule has 0 aromatic rings. The zero-order valence-electron chi connectivity index (χ0n) is 9.81. The van der Waals surface area contributed by atoms with Crippen LogP contribution in [0, 0.1) is 0 Å². The minimum absolute atomic E-state index is 0.0604. The summed E-state index contributed by atoms with van der Waals surface area (Å²) in [5, 5.41) is 8.45. The van der Waals surface area contributed by atoms with E-state index in [-0.39, 0.29) is 12.3 Å². The summed E-state index contributed by atoms with van der Waals surface area (Å²) in [5.74, 6) is -1.04. The Hall–Kier alpha value is -1.14. The number of nitrogens with zero attached hydrogens (tertiary/aromatic N) is 1. The quantitative estimate of drug-likeness (QED) is 0.598. The third-order valence-corrected chi connectivity index (χ3v) is 2.21. The lowest BCUT2D eigenvalue weighted by Gasteiger charge is -2.20. The molecule has 0 saturated heterocycles. The first-order valence-corrected chi connectivity index (χ1v) is 5.20. The minimum atomic E-state index is -0.857. The number of hydrogen-bond donors (Lipinski definition) is 2. The molecule has 94 valence electrons. The van der Waals surface area contributed by atoms with Crippen LogP contribution in [0.5, 0.6) is 0 Å². The van der Waals surface area contributed by atoms with E-state index >= 15 is 0 Å². The minimum Gasteiger partial charge on any atom is -0.481 e. The lowest BCUT2D eigenvalue weighted by Crippen LogP contribution is -2.42. The lowest BCUT2D eigenvalue weighted by molar-refractivity contribution is -0.138. The molecule has 0 aromatic heterocycles. The van der Waals surface area contributed by atoms with E-state index in [4.69, 9.17) is 15.6 Å². The van der Waals surface area contributed by atoms with Crippen molar-refractivity contribution in [2.75, 3.05) is 27.3 Å². The van der Waals surface area contributed by atoms with E-state index in [9.17, 15) is 9.59 Å². The van der Waals surface area contributed by atoms with E-state index in [0.717, 1.165) is 0 Å². The van der Waals surface area contributed by atoms with Gasteiger partial charge >= 0.3 is 5.97 Å². The van der Waals surface area contributed by atoms with Gasteiger partial charge in [-0.2, -0.15) is 0 Å². The van der Waals surface area contributed by atoms with Crippen LogP contribution in [-0.2, 0) is 14.3 Å². The van der Waals surface area contributed by atoms with Crippen molar-refractivity contribution in [3.05, 3.63) is 0 Å². The van der Waals surface area contributed by atoms with Gasteiger partial charge in [0.05, 0.1) is 6.04 Å².